The largest absolute Gasteiger partial charge is 0.496 e. The molecule has 176 valence electrons. The molecule has 0 atom stereocenters. The average molecular weight is 458 g/mol. The van der Waals surface area contributed by atoms with E-state index in [9.17, 15) is 4.79 Å². The molecule has 1 aromatic heterocycles. The number of carbonyl (C=O) groups is 1. The van der Waals surface area contributed by atoms with Crippen molar-refractivity contribution in [1.82, 2.24) is 14.9 Å². The molecule has 0 unspecified atom stereocenters. The summed E-state index contributed by atoms with van der Waals surface area (Å²) in [5, 5.41) is 3.00. The van der Waals surface area contributed by atoms with Gasteiger partial charge >= 0.3 is 0 Å². The zero-order valence-corrected chi connectivity index (χ0v) is 20.0. The molecule has 3 aromatic carbocycles. The maximum absolute atomic E-state index is 12.8. The first-order chi connectivity index (χ1) is 16.6. The second-order valence-electron chi connectivity index (χ2n) is 8.38. The molecule has 4 aromatic rings. The van der Waals surface area contributed by atoms with Gasteiger partial charge < -0.3 is 19.4 Å². The van der Waals surface area contributed by atoms with E-state index in [1.54, 1.807) is 19.2 Å². The van der Waals surface area contributed by atoms with Crippen LogP contribution in [0.2, 0.25) is 0 Å². The van der Waals surface area contributed by atoms with E-state index in [1.165, 1.54) is 5.56 Å². The first-order valence-corrected chi connectivity index (χ1v) is 11.6. The van der Waals surface area contributed by atoms with Crippen molar-refractivity contribution in [3.63, 3.8) is 0 Å². The lowest BCUT2D eigenvalue weighted by molar-refractivity contribution is 0.0946. The summed E-state index contributed by atoms with van der Waals surface area (Å²) in [6.07, 6.45) is 1.87. The minimum atomic E-state index is -0.182. The smallest absolute Gasteiger partial charge is 0.255 e. The normalized spacial score (nSPS) is 10.9. The van der Waals surface area contributed by atoms with Crippen LogP contribution in [0.3, 0.4) is 0 Å². The Morgan fingerprint density at radius 1 is 0.971 bits per heavy atom. The van der Waals surface area contributed by atoms with Crippen LogP contribution in [0.1, 0.15) is 40.2 Å². The van der Waals surface area contributed by atoms with Gasteiger partial charge in [-0.3, -0.25) is 4.79 Å². The maximum atomic E-state index is 12.8. The highest BCUT2D eigenvalue weighted by atomic mass is 16.5. The zero-order valence-electron chi connectivity index (χ0n) is 20.0. The summed E-state index contributed by atoms with van der Waals surface area (Å²) in [6, 6.07) is 21.6. The molecule has 0 aliphatic heterocycles. The van der Waals surface area contributed by atoms with E-state index in [2.05, 4.69) is 48.0 Å². The molecule has 1 N–H and O–H groups in total. The summed E-state index contributed by atoms with van der Waals surface area (Å²) in [4.78, 5) is 17.5. The first kappa shape index (κ1) is 23.4. The van der Waals surface area contributed by atoms with Crippen molar-refractivity contribution in [2.45, 2.75) is 39.8 Å². The van der Waals surface area contributed by atoms with Crippen LogP contribution in [0.15, 0.2) is 66.7 Å². The third-order valence-electron chi connectivity index (χ3n) is 5.87. The molecule has 0 aliphatic rings. The van der Waals surface area contributed by atoms with Crippen molar-refractivity contribution < 1.29 is 14.3 Å². The molecule has 34 heavy (non-hydrogen) atoms. The number of rotatable bonds is 10. The first-order valence-electron chi connectivity index (χ1n) is 11.6. The van der Waals surface area contributed by atoms with Crippen molar-refractivity contribution in [3.8, 4) is 11.5 Å². The molecule has 6 heteroatoms. The number of amides is 1. The molecule has 1 amide bonds. The predicted octanol–water partition coefficient (Wildman–Crippen LogP) is 5.45. The highest BCUT2D eigenvalue weighted by molar-refractivity contribution is 5.96. The molecule has 6 nitrogen and oxygen atoms in total. The van der Waals surface area contributed by atoms with Crippen LogP contribution in [0.5, 0.6) is 11.5 Å². The van der Waals surface area contributed by atoms with Gasteiger partial charge in [-0.15, -0.1) is 0 Å². The summed E-state index contributed by atoms with van der Waals surface area (Å²) in [5.41, 5.74) is 4.86. The number of nitrogens with one attached hydrogen (secondary N) is 1. The minimum Gasteiger partial charge on any atom is -0.496 e. The highest BCUT2D eigenvalue weighted by Gasteiger charge is 2.14. The predicted molar refractivity (Wildman–Crippen MR) is 135 cm³/mol. The van der Waals surface area contributed by atoms with E-state index in [0.29, 0.717) is 24.5 Å². The van der Waals surface area contributed by atoms with Gasteiger partial charge in [0.25, 0.3) is 5.91 Å². The fourth-order valence-electron chi connectivity index (χ4n) is 4.01. The Balaban J connectivity index is 1.40. The van der Waals surface area contributed by atoms with Gasteiger partial charge in [-0.25, -0.2) is 4.98 Å². The number of ether oxygens (including phenoxy) is 2. The van der Waals surface area contributed by atoms with Crippen LogP contribution in [0.25, 0.3) is 11.0 Å². The molecule has 0 bridgehead atoms. The summed E-state index contributed by atoms with van der Waals surface area (Å²) in [7, 11) is 1.57. The molecule has 0 saturated carbocycles. The number of aryl methyl sites for hydroxylation is 3. The number of carbonyl (C=O) groups excluding carboxylic acids is 1. The Morgan fingerprint density at radius 3 is 2.62 bits per heavy atom. The number of nitrogens with zero attached hydrogens (tertiary/aromatic N) is 2. The lowest BCUT2D eigenvalue weighted by Crippen LogP contribution is -2.25. The summed E-state index contributed by atoms with van der Waals surface area (Å²) in [5.74, 6) is 2.16. The second kappa shape index (κ2) is 10.9. The van der Waals surface area contributed by atoms with E-state index in [4.69, 9.17) is 14.5 Å². The van der Waals surface area contributed by atoms with E-state index in [1.807, 2.05) is 30.3 Å². The van der Waals surface area contributed by atoms with Gasteiger partial charge in [-0.1, -0.05) is 36.4 Å². The number of hydrogen-bond donors (Lipinski definition) is 1. The van der Waals surface area contributed by atoms with Crippen LogP contribution in [0.4, 0.5) is 0 Å². The van der Waals surface area contributed by atoms with Crippen molar-refractivity contribution >= 4 is 16.9 Å². The number of imidazole rings is 1. The molecular formula is C28H31N3O3. The second-order valence-corrected chi connectivity index (χ2v) is 8.38. The van der Waals surface area contributed by atoms with Crippen molar-refractivity contribution in [3.05, 3.63) is 89.2 Å². The zero-order chi connectivity index (χ0) is 23.9. The molecule has 4 rings (SSSR count). The van der Waals surface area contributed by atoms with Gasteiger partial charge in [0.2, 0.25) is 0 Å². The number of fused-ring (bicyclic) bond motifs is 1. The Labute approximate surface area is 200 Å². The maximum Gasteiger partial charge on any atom is 0.255 e. The number of benzene rings is 3. The van der Waals surface area contributed by atoms with E-state index >= 15 is 0 Å². The van der Waals surface area contributed by atoms with Gasteiger partial charge in [0.05, 0.1) is 36.9 Å². The Morgan fingerprint density at radius 2 is 1.76 bits per heavy atom. The molecule has 1 heterocycles. The molecular weight excluding hydrogens is 426 g/mol. The van der Waals surface area contributed by atoms with Crippen molar-refractivity contribution in [2.75, 3.05) is 13.7 Å². The molecule has 0 spiro atoms. The fourth-order valence-corrected chi connectivity index (χ4v) is 4.01. The van der Waals surface area contributed by atoms with Crippen LogP contribution in [-0.2, 0) is 13.1 Å². The number of unbranched alkanes of at least 4 members (excludes halogenated alkanes) is 1. The number of para-hydroxylation sites is 3. The topological polar surface area (TPSA) is 65.4 Å². The van der Waals surface area contributed by atoms with Crippen LogP contribution < -0.4 is 14.8 Å². The molecule has 0 aliphatic carbocycles. The summed E-state index contributed by atoms with van der Waals surface area (Å²) >= 11 is 0. The van der Waals surface area contributed by atoms with Gasteiger partial charge in [-0.2, -0.15) is 0 Å². The Hall–Kier alpha value is -3.80. The molecule has 0 fully saturated rings. The number of hydrogen-bond acceptors (Lipinski definition) is 4. The highest BCUT2D eigenvalue weighted by Crippen LogP contribution is 2.21. The fraction of sp³-hybridized carbons (Fsp3) is 0.286. The SMILES string of the molecule is COc1ccccc1C(=O)NCc1nc2ccccc2n1CCCCOc1cc(C)ccc1C. The molecule has 0 radical (unpaired) electrons. The molecule has 0 saturated heterocycles. The van der Waals surface area contributed by atoms with E-state index in [-0.39, 0.29) is 5.91 Å². The van der Waals surface area contributed by atoms with Gasteiger partial charge in [-0.05, 0) is 68.1 Å². The lowest BCUT2D eigenvalue weighted by atomic mass is 10.1. The van der Waals surface area contributed by atoms with Crippen molar-refractivity contribution in [1.29, 1.82) is 0 Å². The third kappa shape index (κ3) is 5.39. The minimum absolute atomic E-state index is 0.182. The standard InChI is InChI=1S/C28H31N3O3/c1-20-14-15-21(2)26(18-20)34-17-9-8-16-31-24-12-6-5-11-23(24)30-27(31)19-29-28(32)22-10-4-7-13-25(22)33-3/h4-7,10-15,18H,8-9,16-17,19H2,1-3H3,(H,29,32). The monoisotopic (exact) mass is 457 g/mol. The number of aromatic nitrogens is 2. The average Bonchev–Trinajstić information content (AvgIpc) is 3.21. The van der Waals surface area contributed by atoms with Gasteiger partial charge in [0.15, 0.2) is 0 Å². The van der Waals surface area contributed by atoms with Gasteiger partial charge in [0, 0.05) is 6.54 Å². The third-order valence-corrected chi connectivity index (χ3v) is 5.87. The summed E-state index contributed by atoms with van der Waals surface area (Å²) in [6.45, 7) is 5.94. The summed E-state index contributed by atoms with van der Waals surface area (Å²) < 4.78 is 13.5. The van der Waals surface area contributed by atoms with Crippen LogP contribution in [0, 0.1) is 13.8 Å². The lowest BCUT2D eigenvalue weighted by Gasteiger charge is -2.12. The quantitative estimate of drug-likeness (QED) is 0.322. The van der Waals surface area contributed by atoms with Crippen LogP contribution >= 0.6 is 0 Å². The number of methoxy groups -OCH3 is 1. The van der Waals surface area contributed by atoms with Crippen LogP contribution in [-0.4, -0.2) is 29.2 Å². The van der Waals surface area contributed by atoms with Gasteiger partial charge in [0.1, 0.15) is 17.3 Å². The Kier molecular flexibility index (Phi) is 7.48. The van der Waals surface area contributed by atoms with E-state index < -0.39 is 0 Å². The van der Waals surface area contributed by atoms with Crippen molar-refractivity contribution in [2.24, 2.45) is 0 Å². The van der Waals surface area contributed by atoms with E-state index in [0.717, 1.165) is 47.6 Å². The Bertz CT molecular complexity index is 1280.